The zero-order chi connectivity index (χ0) is 12.8. The molecule has 94 valence electrons. The topological polar surface area (TPSA) is 64.6 Å². The van der Waals surface area contributed by atoms with E-state index in [1.807, 2.05) is 6.92 Å². The maximum absolute atomic E-state index is 11.4. The summed E-state index contributed by atoms with van der Waals surface area (Å²) in [6, 6.07) is -0.676. The molecular weight excluding hydrogens is 210 g/mol. The summed E-state index contributed by atoms with van der Waals surface area (Å²) in [5.41, 5.74) is -0.577. The minimum atomic E-state index is -0.676. The first kappa shape index (κ1) is 14.9. The van der Waals surface area contributed by atoms with Gasteiger partial charge in [0, 0.05) is 7.11 Å². The van der Waals surface area contributed by atoms with Crippen molar-refractivity contribution in [2.75, 3.05) is 7.11 Å². The van der Waals surface area contributed by atoms with Gasteiger partial charge in [0.05, 0.1) is 6.10 Å². The van der Waals surface area contributed by atoms with E-state index < -0.39 is 17.7 Å². The average molecular weight is 231 g/mol. The van der Waals surface area contributed by atoms with Gasteiger partial charge in [-0.15, -0.1) is 0 Å². The fraction of sp³-hybridized carbons (Fsp3) is 0.818. The Labute approximate surface area is 96.5 Å². The summed E-state index contributed by atoms with van der Waals surface area (Å²) in [6.45, 7) is 7.16. The molecule has 0 fully saturated rings. The number of alkyl carbamates (subject to hydrolysis) is 1. The molecule has 0 aromatic heterocycles. The van der Waals surface area contributed by atoms with Crippen molar-refractivity contribution in [2.45, 2.75) is 51.9 Å². The van der Waals surface area contributed by atoms with Gasteiger partial charge in [-0.2, -0.15) is 0 Å². The van der Waals surface area contributed by atoms with Crippen LogP contribution in [0.3, 0.4) is 0 Å². The summed E-state index contributed by atoms with van der Waals surface area (Å²) in [6.07, 6.45) is 0.349. The Balaban J connectivity index is 4.32. The van der Waals surface area contributed by atoms with Crippen LogP contribution in [-0.4, -0.2) is 37.2 Å². The van der Waals surface area contributed by atoms with Gasteiger partial charge in [0.1, 0.15) is 17.9 Å². The van der Waals surface area contributed by atoms with Crippen molar-refractivity contribution < 1.29 is 19.1 Å². The first-order valence-electron chi connectivity index (χ1n) is 5.31. The SMILES string of the molecule is CCC(OC)C(C=O)NC(=O)OC(C)(C)C. The lowest BCUT2D eigenvalue weighted by atomic mass is 10.1. The molecule has 0 spiro atoms. The number of aldehydes is 1. The standard InChI is InChI=1S/C11H21NO4/c1-6-9(15-5)8(7-13)12-10(14)16-11(2,3)4/h7-9H,6H2,1-5H3,(H,12,14). The third-order valence-electron chi connectivity index (χ3n) is 1.94. The second kappa shape index (κ2) is 6.48. The summed E-state index contributed by atoms with van der Waals surface area (Å²) in [4.78, 5) is 22.2. The van der Waals surface area contributed by atoms with E-state index in [0.29, 0.717) is 12.7 Å². The van der Waals surface area contributed by atoms with Crippen molar-refractivity contribution >= 4 is 12.4 Å². The number of carbonyl (C=O) groups is 2. The summed E-state index contributed by atoms with van der Waals surface area (Å²) < 4.78 is 10.1. The average Bonchev–Trinajstić information content (AvgIpc) is 2.15. The minimum Gasteiger partial charge on any atom is -0.444 e. The van der Waals surface area contributed by atoms with E-state index in [4.69, 9.17) is 9.47 Å². The first-order chi connectivity index (χ1) is 7.34. The monoisotopic (exact) mass is 231 g/mol. The highest BCUT2D eigenvalue weighted by atomic mass is 16.6. The fourth-order valence-electron chi connectivity index (χ4n) is 1.23. The van der Waals surface area contributed by atoms with E-state index in [1.54, 1.807) is 20.8 Å². The molecule has 0 bridgehead atoms. The molecule has 5 nitrogen and oxygen atoms in total. The van der Waals surface area contributed by atoms with Crippen LogP contribution >= 0.6 is 0 Å². The number of methoxy groups -OCH3 is 1. The molecule has 0 aliphatic carbocycles. The lowest BCUT2D eigenvalue weighted by Gasteiger charge is -2.24. The number of hydrogen-bond acceptors (Lipinski definition) is 4. The molecule has 5 heteroatoms. The fourth-order valence-corrected chi connectivity index (χ4v) is 1.23. The van der Waals surface area contributed by atoms with Gasteiger partial charge in [-0.25, -0.2) is 4.79 Å². The van der Waals surface area contributed by atoms with Crippen LogP contribution < -0.4 is 5.32 Å². The van der Waals surface area contributed by atoms with Crippen LogP contribution in [0.25, 0.3) is 0 Å². The predicted molar refractivity (Wildman–Crippen MR) is 60.3 cm³/mol. The zero-order valence-corrected chi connectivity index (χ0v) is 10.6. The number of amides is 1. The third-order valence-corrected chi connectivity index (χ3v) is 1.94. The third kappa shape index (κ3) is 5.70. The second-order valence-electron chi connectivity index (χ2n) is 4.49. The summed E-state index contributed by atoms with van der Waals surface area (Å²) in [5.74, 6) is 0. The van der Waals surface area contributed by atoms with E-state index >= 15 is 0 Å². The zero-order valence-electron chi connectivity index (χ0n) is 10.6. The second-order valence-corrected chi connectivity index (χ2v) is 4.49. The molecule has 16 heavy (non-hydrogen) atoms. The van der Waals surface area contributed by atoms with Gasteiger partial charge in [0.2, 0.25) is 0 Å². The highest BCUT2D eigenvalue weighted by Crippen LogP contribution is 2.08. The van der Waals surface area contributed by atoms with Crippen LogP contribution in [0.15, 0.2) is 0 Å². The van der Waals surface area contributed by atoms with E-state index in [1.165, 1.54) is 7.11 Å². The van der Waals surface area contributed by atoms with Crippen LogP contribution in [0.2, 0.25) is 0 Å². The Kier molecular flexibility index (Phi) is 6.03. The van der Waals surface area contributed by atoms with Crippen LogP contribution in [-0.2, 0) is 14.3 Å². The minimum absolute atomic E-state index is 0.329. The molecular formula is C11H21NO4. The molecule has 0 saturated heterocycles. The molecule has 1 N–H and O–H groups in total. The largest absolute Gasteiger partial charge is 0.444 e. The summed E-state index contributed by atoms with van der Waals surface area (Å²) in [7, 11) is 1.50. The first-order valence-corrected chi connectivity index (χ1v) is 5.31. The van der Waals surface area contributed by atoms with Crippen molar-refractivity contribution in [2.24, 2.45) is 0 Å². The van der Waals surface area contributed by atoms with E-state index in [2.05, 4.69) is 5.32 Å². The Morgan fingerprint density at radius 3 is 2.31 bits per heavy atom. The molecule has 0 saturated carbocycles. The highest BCUT2D eigenvalue weighted by molar-refractivity contribution is 5.73. The van der Waals surface area contributed by atoms with Crippen molar-refractivity contribution in [3.05, 3.63) is 0 Å². The van der Waals surface area contributed by atoms with Crippen molar-refractivity contribution in [1.29, 1.82) is 0 Å². The lowest BCUT2D eigenvalue weighted by Crippen LogP contribution is -2.46. The maximum Gasteiger partial charge on any atom is 0.408 e. The maximum atomic E-state index is 11.4. The smallest absolute Gasteiger partial charge is 0.408 e. The van der Waals surface area contributed by atoms with Gasteiger partial charge in [-0.1, -0.05) is 6.92 Å². The number of carbonyl (C=O) groups excluding carboxylic acids is 2. The molecule has 1 amide bonds. The molecule has 0 heterocycles. The van der Waals surface area contributed by atoms with E-state index in [9.17, 15) is 9.59 Å². The Bertz CT molecular complexity index is 231. The summed E-state index contributed by atoms with van der Waals surface area (Å²) >= 11 is 0. The molecule has 0 radical (unpaired) electrons. The van der Waals surface area contributed by atoms with Gasteiger partial charge >= 0.3 is 6.09 Å². The number of hydrogen-bond donors (Lipinski definition) is 1. The Morgan fingerprint density at radius 2 is 2.00 bits per heavy atom. The van der Waals surface area contributed by atoms with Crippen LogP contribution in [0.4, 0.5) is 4.79 Å². The molecule has 0 rings (SSSR count). The molecule has 0 aliphatic heterocycles. The number of nitrogens with one attached hydrogen (secondary N) is 1. The van der Waals surface area contributed by atoms with E-state index in [0.717, 1.165) is 0 Å². The van der Waals surface area contributed by atoms with Gasteiger partial charge in [-0.05, 0) is 27.2 Å². The Morgan fingerprint density at radius 1 is 1.44 bits per heavy atom. The number of rotatable bonds is 5. The van der Waals surface area contributed by atoms with Crippen LogP contribution in [0.5, 0.6) is 0 Å². The highest BCUT2D eigenvalue weighted by Gasteiger charge is 2.24. The van der Waals surface area contributed by atoms with Gasteiger partial charge in [0.15, 0.2) is 0 Å². The van der Waals surface area contributed by atoms with Crippen molar-refractivity contribution in [3.8, 4) is 0 Å². The molecule has 2 atom stereocenters. The van der Waals surface area contributed by atoms with Gasteiger partial charge in [-0.3, -0.25) is 0 Å². The van der Waals surface area contributed by atoms with E-state index in [-0.39, 0.29) is 6.10 Å². The van der Waals surface area contributed by atoms with Crippen molar-refractivity contribution in [1.82, 2.24) is 5.32 Å². The molecule has 2 unspecified atom stereocenters. The summed E-state index contributed by atoms with van der Waals surface area (Å²) in [5, 5.41) is 2.47. The normalized spacial score (nSPS) is 15.1. The predicted octanol–water partition coefficient (Wildman–Crippen LogP) is 1.50. The van der Waals surface area contributed by atoms with Crippen LogP contribution in [0.1, 0.15) is 34.1 Å². The van der Waals surface area contributed by atoms with Crippen LogP contribution in [0, 0.1) is 0 Å². The molecule has 0 aliphatic rings. The molecule has 0 aromatic carbocycles. The van der Waals surface area contributed by atoms with Gasteiger partial charge in [0.25, 0.3) is 0 Å². The van der Waals surface area contributed by atoms with Gasteiger partial charge < -0.3 is 19.6 Å². The Hall–Kier alpha value is -1.10. The molecule has 0 aromatic rings. The quantitative estimate of drug-likeness (QED) is 0.728. The number of ether oxygens (including phenoxy) is 2. The lowest BCUT2D eigenvalue weighted by molar-refractivity contribution is -0.112. The van der Waals surface area contributed by atoms with Crippen molar-refractivity contribution in [3.63, 3.8) is 0 Å².